The van der Waals surface area contributed by atoms with Crippen molar-refractivity contribution in [3.8, 4) is 0 Å². The summed E-state index contributed by atoms with van der Waals surface area (Å²) in [6.07, 6.45) is -10.2. The van der Waals surface area contributed by atoms with Crippen LogP contribution in [0.15, 0.2) is 10.5 Å². The topological polar surface area (TPSA) is 38.7 Å². The predicted molar refractivity (Wildman–Crippen MR) is 60.0 cm³/mol. The number of halogens is 8. The molecule has 0 fully saturated rings. The highest BCUT2D eigenvalue weighted by Crippen LogP contribution is 2.37. The van der Waals surface area contributed by atoms with Crippen LogP contribution in [0.2, 0.25) is 5.15 Å². The van der Waals surface area contributed by atoms with Crippen LogP contribution in [0.4, 0.5) is 26.3 Å². The molecule has 0 saturated heterocycles. The molecule has 2 heterocycles. The maximum Gasteiger partial charge on any atom is 0.451 e. The SMILES string of the molecule is FC(F)(F)c1nc(C(F)(F)F)c2cc(Br)c(Cl)nc2n1. The first kappa shape index (κ1) is 15.2. The summed E-state index contributed by atoms with van der Waals surface area (Å²) in [6.45, 7) is 0. The van der Waals surface area contributed by atoms with Gasteiger partial charge in [-0.15, -0.1) is 0 Å². The third-order valence-corrected chi connectivity index (χ3v) is 3.24. The molecule has 0 atom stereocenters. The van der Waals surface area contributed by atoms with Gasteiger partial charge in [0.15, 0.2) is 11.3 Å². The molecular formula is C9HBrClF6N3. The van der Waals surface area contributed by atoms with E-state index in [-0.39, 0.29) is 9.63 Å². The van der Waals surface area contributed by atoms with Crippen LogP contribution in [0.3, 0.4) is 0 Å². The van der Waals surface area contributed by atoms with Gasteiger partial charge in [0.1, 0.15) is 5.15 Å². The van der Waals surface area contributed by atoms with Gasteiger partial charge in [0.05, 0.1) is 9.86 Å². The molecule has 20 heavy (non-hydrogen) atoms. The molecule has 0 aliphatic carbocycles. The Bertz CT molecular complexity index is 684. The molecule has 0 aliphatic rings. The first-order valence-electron chi connectivity index (χ1n) is 4.68. The van der Waals surface area contributed by atoms with Crippen molar-refractivity contribution in [2.75, 3.05) is 0 Å². The fourth-order valence-corrected chi connectivity index (χ4v) is 1.80. The molecule has 0 saturated carbocycles. The second kappa shape index (κ2) is 4.69. The highest BCUT2D eigenvalue weighted by Gasteiger charge is 2.41. The molecule has 2 aromatic heterocycles. The van der Waals surface area contributed by atoms with Crippen LogP contribution in [0.5, 0.6) is 0 Å². The lowest BCUT2D eigenvalue weighted by Gasteiger charge is -2.12. The fraction of sp³-hybridized carbons (Fsp3) is 0.222. The Hall–Kier alpha value is -1.16. The van der Waals surface area contributed by atoms with E-state index >= 15 is 0 Å². The number of rotatable bonds is 0. The minimum absolute atomic E-state index is 0.0134. The van der Waals surface area contributed by atoms with Gasteiger partial charge in [-0.2, -0.15) is 26.3 Å². The van der Waals surface area contributed by atoms with Gasteiger partial charge in [-0.3, -0.25) is 0 Å². The zero-order chi connectivity index (χ0) is 15.3. The van der Waals surface area contributed by atoms with E-state index in [0.29, 0.717) is 0 Å². The fourth-order valence-electron chi connectivity index (χ4n) is 1.35. The second-order valence-corrected chi connectivity index (χ2v) is 4.74. The molecule has 0 amide bonds. The van der Waals surface area contributed by atoms with E-state index in [1.807, 2.05) is 0 Å². The lowest BCUT2D eigenvalue weighted by atomic mass is 10.2. The first-order chi connectivity index (χ1) is 9.00. The van der Waals surface area contributed by atoms with E-state index in [1.165, 1.54) is 0 Å². The summed E-state index contributed by atoms with van der Waals surface area (Å²) in [4.78, 5) is 8.91. The Morgan fingerprint density at radius 2 is 1.55 bits per heavy atom. The average molecular weight is 380 g/mol. The van der Waals surface area contributed by atoms with Gasteiger partial charge in [0, 0.05) is 0 Å². The summed E-state index contributed by atoms with van der Waals surface area (Å²) in [6, 6.07) is 0.869. The van der Waals surface area contributed by atoms with Crippen molar-refractivity contribution >= 4 is 38.6 Å². The molecule has 0 radical (unpaired) electrons. The third kappa shape index (κ3) is 2.80. The van der Waals surface area contributed by atoms with Crippen LogP contribution >= 0.6 is 27.5 Å². The standard InChI is InChI=1S/C9HBrClF6N3/c10-3-1-2-4(8(12,13)14)18-7(9(15,16)17)20-6(2)19-5(3)11/h1H. The quantitative estimate of drug-likeness (QED) is 0.500. The molecule has 2 aromatic rings. The van der Waals surface area contributed by atoms with E-state index in [0.717, 1.165) is 6.07 Å². The van der Waals surface area contributed by atoms with E-state index < -0.39 is 34.9 Å². The summed E-state index contributed by atoms with van der Waals surface area (Å²) < 4.78 is 75.8. The van der Waals surface area contributed by atoms with E-state index in [1.54, 1.807) is 0 Å². The molecule has 0 aromatic carbocycles. The Morgan fingerprint density at radius 1 is 0.950 bits per heavy atom. The summed E-state index contributed by atoms with van der Waals surface area (Å²) in [5, 5.41) is -0.987. The molecule has 0 unspecified atom stereocenters. The third-order valence-electron chi connectivity index (χ3n) is 2.12. The molecule has 0 N–H and O–H groups in total. The van der Waals surface area contributed by atoms with Crippen LogP contribution in [-0.2, 0) is 12.4 Å². The summed E-state index contributed by atoms with van der Waals surface area (Å²) >= 11 is 8.38. The Kier molecular flexibility index (Phi) is 3.57. The van der Waals surface area contributed by atoms with Crippen molar-refractivity contribution < 1.29 is 26.3 Å². The van der Waals surface area contributed by atoms with Gasteiger partial charge in [0.2, 0.25) is 5.82 Å². The zero-order valence-corrected chi connectivity index (χ0v) is 11.3. The monoisotopic (exact) mass is 379 g/mol. The molecule has 0 aliphatic heterocycles. The molecule has 2 rings (SSSR count). The van der Waals surface area contributed by atoms with E-state index in [9.17, 15) is 26.3 Å². The molecule has 0 spiro atoms. The molecule has 11 heteroatoms. The number of hydrogen-bond donors (Lipinski definition) is 0. The van der Waals surface area contributed by atoms with E-state index in [2.05, 4.69) is 30.9 Å². The first-order valence-corrected chi connectivity index (χ1v) is 5.85. The van der Waals surface area contributed by atoms with Crippen LogP contribution in [0.1, 0.15) is 11.5 Å². The van der Waals surface area contributed by atoms with Crippen LogP contribution in [-0.4, -0.2) is 15.0 Å². The second-order valence-electron chi connectivity index (χ2n) is 3.52. The maximum absolute atomic E-state index is 12.8. The van der Waals surface area contributed by atoms with Crippen molar-refractivity contribution in [2.24, 2.45) is 0 Å². The number of alkyl halides is 6. The van der Waals surface area contributed by atoms with Crippen molar-refractivity contribution in [1.29, 1.82) is 0 Å². The number of nitrogens with zero attached hydrogens (tertiary/aromatic N) is 3. The molecule has 108 valence electrons. The predicted octanol–water partition coefficient (Wildman–Crippen LogP) is 4.48. The summed E-state index contributed by atoms with van der Waals surface area (Å²) in [5.74, 6) is -1.93. The van der Waals surface area contributed by atoms with Gasteiger partial charge in [0.25, 0.3) is 0 Å². The van der Waals surface area contributed by atoms with Gasteiger partial charge in [-0.05, 0) is 22.0 Å². The lowest BCUT2D eigenvalue weighted by Crippen LogP contribution is -2.18. The Morgan fingerprint density at radius 3 is 2.05 bits per heavy atom. The van der Waals surface area contributed by atoms with Crippen molar-refractivity contribution in [2.45, 2.75) is 12.4 Å². The Labute approximate surface area is 120 Å². The van der Waals surface area contributed by atoms with Gasteiger partial charge < -0.3 is 0 Å². The zero-order valence-electron chi connectivity index (χ0n) is 8.94. The molecule has 3 nitrogen and oxygen atoms in total. The molecule has 0 bridgehead atoms. The smallest absolute Gasteiger partial charge is 0.219 e. The lowest BCUT2D eigenvalue weighted by molar-refractivity contribution is -0.151. The minimum Gasteiger partial charge on any atom is -0.219 e. The highest BCUT2D eigenvalue weighted by molar-refractivity contribution is 9.10. The number of pyridine rings is 1. The van der Waals surface area contributed by atoms with Gasteiger partial charge >= 0.3 is 12.4 Å². The van der Waals surface area contributed by atoms with Gasteiger partial charge in [-0.1, -0.05) is 11.6 Å². The molecular weight excluding hydrogens is 379 g/mol. The highest BCUT2D eigenvalue weighted by atomic mass is 79.9. The largest absolute Gasteiger partial charge is 0.451 e. The van der Waals surface area contributed by atoms with Gasteiger partial charge in [-0.25, -0.2) is 15.0 Å². The van der Waals surface area contributed by atoms with Crippen LogP contribution < -0.4 is 0 Å². The van der Waals surface area contributed by atoms with Crippen molar-refractivity contribution in [3.05, 3.63) is 27.2 Å². The maximum atomic E-state index is 12.8. The average Bonchev–Trinajstić information content (AvgIpc) is 2.26. The summed E-state index contributed by atoms with van der Waals surface area (Å²) in [5.41, 5.74) is -2.51. The normalized spacial score (nSPS) is 13.0. The minimum atomic E-state index is -5.13. The van der Waals surface area contributed by atoms with E-state index in [4.69, 9.17) is 11.6 Å². The van der Waals surface area contributed by atoms with Crippen molar-refractivity contribution in [1.82, 2.24) is 15.0 Å². The Balaban J connectivity index is 2.89. The van der Waals surface area contributed by atoms with Crippen LogP contribution in [0.25, 0.3) is 11.0 Å². The number of hydrogen-bond acceptors (Lipinski definition) is 3. The summed E-state index contributed by atoms with van der Waals surface area (Å²) in [7, 11) is 0. The number of fused-ring (bicyclic) bond motifs is 1. The number of aromatic nitrogens is 3. The van der Waals surface area contributed by atoms with Crippen LogP contribution in [0, 0.1) is 0 Å². The van der Waals surface area contributed by atoms with Crippen molar-refractivity contribution in [3.63, 3.8) is 0 Å².